The summed E-state index contributed by atoms with van der Waals surface area (Å²) in [5, 5.41) is 3.49. The zero-order valence-electron chi connectivity index (χ0n) is 11.4. The van der Waals surface area contributed by atoms with E-state index in [1.165, 1.54) is 0 Å². The Morgan fingerprint density at radius 2 is 2.16 bits per heavy atom. The molecule has 19 heavy (non-hydrogen) atoms. The summed E-state index contributed by atoms with van der Waals surface area (Å²) in [5.74, 6) is 0.0512. The van der Waals surface area contributed by atoms with Gasteiger partial charge in [-0.3, -0.25) is 4.79 Å². The fourth-order valence-electron chi connectivity index (χ4n) is 2.77. The number of carbonyl (C=O) groups is 1. The molecule has 1 N–H and O–H groups in total. The number of hydrogen-bond donors (Lipinski definition) is 1. The Kier molecular flexibility index (Phi) is 4.07. The first kappa shape index (κ1) is 14.6. The van der Waals surface area contributed by atoms with Gasteiger partial charge in [0.1, 0.15) is 5.15 Å². The molecule has 0 aromatic carbocycles. The third-order valence-electron chi connectivity index (χ3n) is 3.96. The van der Waals surface area contributed by atoms with Crippen LogP contribution in [0.1, 0.15) is 38.7 Å². The molecule has 1 fully saturated rings. The van der Waals surface area contributed by atoms with Crippen molar-refractivity contribution >= 4 is 34.8 Å². The average Bonchev–Trinajstić information content (AvgIpc) is 2.63. The van der Waals surface area contributed by atoms with Crippen LogP contribution in [0.4, 0.5) is 5.69 Å². The van der Waals surface area contributed by atoms with Crippen LogP contribution in [0.15, 0.2) is 6.07 Å². The van der Waals surface area contributed by atoms with E-state index in [4.69, 9.17) is 23.2 Å². The number of carbonyl (C=O) groups excluding carboxylic acids is 1. The largest absolute Gasteiger partial charge is 0.323 e. The Bertz CT molecular complexity index is 491. The smallest absolute Gasteiger partial charge is 0.228 e. The molecule has 3 nitrogen and oxygen atoms in total. The molecule has 1 aromatic rings. The molecule has 0 spiro atoms. The number of rotatable bonds is 2. The molecule has 5 heteroatoms. The van der Waals surface area contributed by atoms with E-state index in [2.05, 4.69) is 24.1 Å². The Labute approximate surface area is 123 Å². The maximum absolute atomic E-state index is 12.4. The summed E-state index contributed by atoms with van der Waals surface area (Å²) < 4.78 is 0. The van der Waals surface area contributed by atoms with E-state index in [9.17, 15) is 4.79 Å². The van der Waals surface area contributed by atoms with E-state index < -0.39 is 0 Å². The van der Waals surface area contributed by atoms with Crippen LogP contribution in [0.2, 0.25) is 10.3 Å². The van der Waals surface area contributed by atoms with Crippen molar-refractivity contribution in [2.45, 2.75) is 40.0 Å². The van der Waals surface area contributed by atoms with Crippen molar-refractivity contribution in [3.8, 4) is 0 Å². The molecule has 1 heterocycles. The van der Waals surface area contributed by atoms with Gasteiger partial charge in [-0.05, 0) is 36.8 Å². The number of halogens is 2. The molecule has 0 bridgehead atoms. The Morgan fingerprint density at radius 1 is 1.47 bits per heavy atom. The minimum absolute atomic E-state index is 0.0247. The van der Waals surface area contributed by atoms with Gasteiger partial charge in [-0.25, -0.2) is 4.98 Å². The average molecular weight is 301 g/mol. The van der Waals surface area contributed by atoms with Crippen molar-refractivity contribution < 1.29 is 4.79 Å². The first-order chi connectivity index (χ1) is 8.81. The molecule has 1 aliphatic carbocycles. The van der Waals surface area contributed by atoms with Crippen molar-refractivity contribution in [1.29, 1.82) is 0 Å². The predicted octanol–water partition coefficient (Wildman–Crippen LogP) is 4.46. The number of hydrogen-bond acceptors (Lipinski definition) is 2. The molecule has 1 amide bonds. The predicted molar refractivity (Wildman–Crippen MR) is 78.7 cm³/mol. The van der Waals surface area contributed by atoms with E-state index in [0.717, 1.165) is 24.8 Å². The molecular formula is C14H18Cl2N2O. The normalized spacial score (nSPS) is 21.4. The summed E-state index contributed by atoms with van der Waals surface area (Å²) in [6, 6.07) is 1.70. The molecule has 1 atom stereocenters. The van der Waals surface area contributed by atoms with Crippen LogP contribution in [0.5, 0.6) is 0 Å². The number of nitrogens with one attached hydrogen (secondary N) is 1. The minimum Gasteiger partial charge on any atom is -0.323 e. The molecule has 1 unspecified atom stereocenters. The standard InChI is InChI=1S/C14H18Cl2N2O/c1-8-7-10(15)17-12(16)11(8)18-13(19)9-5-4-6-14(9,2)3/h7,9H,4-6H2,1-3H3,(H,18,19). The lowest BCUT2D eigenvalue weighted by Crippen LogP contribution is -2.31. The third-order valence-corrected chi connectivity index (χ3v) is 4.43. The Morgan fingerprint density at radius 3 is 2.68 bits per heavy atom. The highest BCUT2D eigenvalue weighted by molar-refractivity contribution is 6.34. The second kappa shape index (κ2) is 5.29. The van der Waals surface area contributed by atoms with Crippen LogP contribution in [0.3, 0.4) is 0 Å². The Hall–Kier alpha value is -0.800. The molecule has 0 saturated heterocycles. The van der Waals surface area contributed by atoms with Gasteiger partial charge in [0, 0.05) is 5.92 Å². The molecule has 1 aliphatic rings. The molecule has 1 aromatic heterocycles. The number of pyridine rings is 1. The maximum Gasteiger partial charge on any atom is 0.228 e. The maximum atomic E-state index is 12.4. The van der Waals surface area contributed by atoms with Gasteiger partial charge in [-0.15, -0.1) is 0 Å². The van der Waals surface area contributed by atoms with Gasteiger partial charge in [-0.1, -0.05) is 43.5 Å². The quantitative estimate of drug-likeness (QED) is 0.819. The number of aryl methyl sites for hydroxylation is 1. The van der Waals surface area contributed by atoms with Gasteiger partial charge in [0.25, 0.3) is 0 Å². The van der Waals surface area contributed by atoms with E-state index in [-0.39, 0.29) is 22.4 Å². The number of aromatic nitrogens is 1. The highest BCUT2D eigenvalue weighted by atomic mass is 35.5. The topological polar surface area (TPSA) is 42.0 Å². The van der Waals surface area contributed by atoms with Crippen LogP contribution in [-0.2, 0) is 4.79 Å². The van der Waals surface area contributed by atoms with Crippen LogP contribution in [0, 0.1) is 18.3 Å². The number of amides is 1. The van der Waals surface area contributed by atoms with Gasteiger partial charge in [0.2, 0.25) is 5.91 Å². The van der Waals surface area contributed by atoms with Crippen molar-refractivity contribution in [1.82, 2.24) is 4.98 Å². The molecule has 104 valence electrons. The summed E-state index contributed by atoms with van der Waals surface area (Å²) >= 11 is 11.9. The van der Waals surface area contributed by atoms with Crippen LogP contribution in [0.25, 0.3) is 0 Å². The van der Waals surface area contributed by atoms with Crippen molar-refractivity contribution in [3.05, 3.63) is 21.9 Å². The van der Waals surface area contributed by atoms with Crippen LogP contribution < -0.4 is 5.32 Å². The molecular weight excluding hydrogens is 283 g/mol. The molecule has 0 radical (unpaired) electrons. The lowest BCUT2D eigenvalue weighted by Gasteiger charge is -2.26. The summed E-state index contributed by atoms with van der Waals surface area (Å²) in [7, 11) is 0. The first-order valence-corrected chi connectivity index (χ1v) is 7.20. The first-order valence-electron chi connectivity index (χ1n) is 6.45. The third kappa shape index (κ3) is 3.03. The van der Waals surface area contributed by atoms with Crippen molar-refractivity contribution in [2.24, 2.45) is 11.3 Å². The fraction of sp³-hybridized carbons (Fsp3) is 0.571. The molecule has 2 rings (SSSR count). The van der Waals surface area contributed by atoms with Gasteiger partial charge in [-0.2, -0.15) is 0 Å². The molecule has 0 aliphatic heterocycles. The van der Waals surface area contributed by atoms with Crippen molar-refractivity contribution in [3.63, 3.8) is 0 Å². The van der Waals surface area contributed by atoms with Gasteiger partial charge < -0.3 is 5.32 Å². The van der Waals surface area contributed by atoms with E-state index in [1.807, 2.05) is 6.92 Å². The van der Waals surface area contributed by atoms with Gasteiger partial charge >= 0.3 is 0 Å². The second-order valence-electron chi connectivity index (χ2n) is 5.85. The van der Waals surface area contributed by atoms with E-state index >= 15 is 0 Å². The zero-order chi connectivity index (χ0) is 14.2. The monoisotopic (exact) mass is 300 g/mol. The summed E-state index contributed by atoms with van der Waals surface area (Å²) in [4.78, 5) is 16.4. The highest BCUT2D eigenvalue weighted by Gasteiger charge is 2.39. The van der Waals surface area contributed by atoms with Crippen molar-refractivity contribution in [2.75, 3.05) is 5.32 Å². The lowest BCUT2D eigenvalue weighted by molar-refractivity contribution is -0.122. The molecule has 1 saturated carbocycles. The summed E-state index contributed by atoms with van der Waals surface area (Å²) in [6.45, 7) is 6.13. The highest BCUT2D eigenvalue weighted by Crippen LogP contribution is 2.43. The zero-order valence-corrected chi connectivity index (χ0v) is 12.9. The minimum atomic E-state index is 0.0247. The Balaban J connectivity index is 2.20. The van der Waals surface area contributed by atoms with E-state index in [0.29, 0.717) is 10.8 Å². The SMILES string of the molecule is Cc1cc(Cl)nc(Cl)c1NC(=O)C1CCCC1(C)C. The summed E-state index contributed by atoms with van der Waals surface area (Å²) in [6.07, 6.45) is 3.10. The van der Waals surface area contributed by atoms with Gasteiger partial charge in [0.05, 0.1) is 5.69 Å². The summed E-state index contributed by atoms with van der Waals surface area (Å²) in [5.41, 5.74) is 1.44. The second-order valence-corrected chi connectivity index (χ2v) is 6.60. The number of anilines is 1. The van der Waals surface area contributed by atoms with Crippen LogP contribution in [-0.4, -0.2) is 10.9 Å². The fourth-order valence-corrected chi connectivity index (χ4v) is 3.35. The van der Waals surface area contributed by atoms with Gasteiger partial charge in [0.15, 0.2) is 5.15 Å². The number of nitrogens with zero attached hydrogens (tertiary/aromatic N) is 1. The lowest BCUT2D eigenvalue weighted by atomic mass is 9.81. The van der Waals surface area contributed by atoms with E-state index in [1.54, 1.807) is 6.07 Å². The van der Waals surface area contributed by atoms with Crippen LogP contribution >= 0.6 is 23.2 Å².